The SMILES string of the molecule is CC(C)=NNC(=O)C(F)(F)[C@@]1(F)OC(F)(F)C(F)(F)C1(F)F. The summed E-state index contributed by atoms with van der Waals surface area (Å²) in [6, 6.07) is 0. The zero-order valence-electron chi connectivity index (χ0n) is 10.7. The third-order valence-corrected chi connectivity index (χ3v) is 2.50. The average Bonchev–Trinajstić information content (AvgIpc) is 2.42. The van der Waals surface area contributed by atoms with Gasteiger partial charge < -0.3 is 0 Å². The van der Waals surface area contributed by atoms with Crippen molar-refractivity contribution in [1.29, 1.82) is 0 Å². The van der Waals surface area contributed by atoms with Crippen molar-refractivity contribution in [2.24, 2.45) is 5.10 Å². The quantitative estimate of drug-likeness (QED) is 0.485. The number of carbonyl (C=O) groups excluding carboxylic acids is 1. The van der Waals surface area contributed by atoms with Crippen LogP contribution in [0.1, 0.15) is 13.8 Å². The molecular formula is C9H7F9N2O2. The van der Waals surface area contributed by atoms with E-state index < -0.39 is 35.6 Å². The number of carbonyl (C=O) groups is 1. The highest BCUT2D eigenvalue weighted by Gasteiger charge is 2.96. The summed E-state index contributed by atoms with van der Waals surface area (Å²) in [6.45, 7) is 2.26. The van der Waals surface area contributed by atoms with E-state index in [4.69, 9.17) is 0 Å². The summed E-state index contributed by atoms with van der Waals surface area (Å²) < 4.78 is 120. The van der Waals surface area contributed by atoms with Gasteiger partial charge in [-0.25, -0.2) is 5.43 Å². The second-order valence-corrected chi connectivity index (χ2v) is 4.44. The van der Waals surface area contributed by atoms with Crippen LogP contribution < -0.4 is 5.43 Å². The molecule has 4 nitrogen and oxygen atoms in total. The molecule has 0 saturated carbocycles. The molecule has 0 aliphatic carbocycles. The van der Waals surface area contributed by atoms with Gasteiger partial charge in [-0.3, -0.25) is 9.53 Å². The molecule has 0 aromatic heterocycles. The molecule has 1 N–H and O–H groups in total. The minimum atomic E-state index is -6.70. The van der Waals surface area contributed by atoms with Gasteiger partial charge in [0.25, 0.3) is 0 Å². The Labute approximate surface area is 116 Å². The lowest BCUT2D eigenvalue weighted by molar-refractivity contribution is -0.367. The monoisotopic (exact) mass is 346 g/mol. The maximum Gasteiger partial charge on any atom is 0.428 e. The van der Waals surface area contributed by atoms with Crippen LogP contribution in [0.5, 0.6) is 0 Å². The zero-order valence-corrected chi connectivity index (χ0v) is 10.7. The van der Waals surface area contributed by atoms with Gasteiger partial charge in [-0.05, 0) is 13.8 Å². The van der Waals surface area contributed by atoms with Crippen molar-refractivity contribution in [3.8, 4) is 0 Å². The first-order valence-electron chi connectivity index (χ1n) is 5.26. The summed E-state index contributed by atoms with van der Waals surface area (Å²) in [5, 5.41) is 2.81. The Balaban J connectivity index is 3.34. The molecule has 13 heteroatoms. The lowest BCUT2D eigenvalue weighted by Crippen LogP contribution is -2.64. The fourth-order valence-corrected chi connectivity index (χ4v) is 1.33. The Morgan fingerprint density at radius 2 is 1.45 bits per heavy atom. The van der Waals surface area contributed by atoms with E-state index in [1.165, 1.54) is 0 Å². The van der Waals surface area contributed by atoms with Crippen LogP contribution in [-0.4, -0.2) is 41.3 Å². The summed E-state index contributed by atoms with van der Waals surface area (Å²) >= 11 is 0. The second-order valence-electron chi connectivity index (χ2n) is 4.44. The van der Waals surface area contributed by atoms with Crippen LogP contribution >= 0.6 is 0 Å². The molecule has 1 aliphatic heterocycles. The van der Waals surface area contributed by atoms with E-state index >= 15 is 0 Å². The molecule has 0 aromatic carbocycles. The third-order valence-electron chi connectivity index (χ3n) is 2.50. The summed E-state index contributed by atoms with van der Waals surface area (Å²) in [6.07, 6.45) is -6.26. The van der Waals surface area contributed by atoms with Crippen LogP contribution in [-0.2, 0) is 9.53 Å². The number of amides is 1. The minimum absolute atomic E-state index is 0.119. The van der Waals surface area contributed by atoms with E-state index in [-0.39, 0.29) is 5.71 Å². The molecule has 1 heterocycles. The van der Waals surface area contributed by atoms with Crippen LogP contribution in [0.2, 0.25) is 0 Å². The van der Waals surface area contributed by atoms with Crippen molar-refractivity contribution < 1.29 is 49.0 Å². The van der Waals surface area contributed by atoms with Gasteiger partial charge in [0, 0.05) is 5.71 Å². The molecule has 22 heavy (non-hydrogen) atoms. The Morgan fingerprint density at radius 3 is 1.77 bits per heavy atom. The lowest BCUT2D eigenvalue weighted by atomic mass is 9.99. The second kappa shape index (κ2) is 4.73. The topological polar surface area (TPSA) is 50.7 Å². The molecule has 0 unspecified atom stereocenters. The number of halogens is 9. The van der Waals surface area contributed by atoms with E-state index in [0.29, 0.717) is 0 Å². The molecule has 0 spiro atoms. The van der Waals surface area contributed by atoms with E-state index in [9.17, 15) is 44.3 Å². The molecule has 1 rings (SSSR count). The number of hydrogen-bond donors (Lipinski definition) is 1. The van der Waals surface area contributed by atoms with Gasteiger partial charge in [-0.1, -0.05) is 0 Å². The van der Waals surface area contributed by atoms with Crippen molar-refractivity contribution in [2.75, 3.05) is 0 Å². The number of rotatable bonds is 3. The molecule has 1 atom stereocenters. The zero-order chi connectivity index (χ0) is 17.8. The molecule has 0 radical (unpaired) electrons. The molecule has 1 amide bonds. The Kier molecular flexibility index (Phi) is 3.98. The first-order chi connectivity index (χ1) is 9.54. The van der Waals surface area contributed by atoms with Crippen LogP contribution in [0.4, 0.5) is 39.5 Å². The molecule has 0 bridgehead atoms. The van der Waals surface area contributed by atoms with Crippen molar-refractivity contribution in [3.05, 3.63) is 0 Å². The number of nitrogens with zero attached hydrogens (tertiary/aromatic N) is 1. The predicted molar refractivity (Wildman–Crippen MR) is 51.6 cm³/mol. The summed E-state index contributed by atoms with van der Waals surface area (Å²) in [5.74, 6) is -28.7. The standard InChI is InChI=1S/C9H7F9N2O2/c1-3(2)19-20-4(21)5(10,11)8(16)6(12,13)7(14,15)9(17,18)22-8/h1-2H3,(H,20,21)/t8-/m1/s1. The minimum Gasteiger partial charge on any atom is -0.266 e. The lowest BCUT2D eigenvalue weighted by Gasteiger charge is -2.31. The average molecular weight is 346 g/mol. The van der Waals surface area contributed by atoms with Crippen molar-refractivity contribution in [2.45, 2.75) is 43.6 Å². The van der Waals surface area contributed by atoms with Gasteiger partial charge in [0.15, 0.2) is 0 Å². The fourth-order valence-electron chi connectivity index (χ4n) is 1.33. The largest absolute Gasteiger partial charge is 0.428 e. The van der Waals surface area contributed by atoms with Crippen molar-refractivity contribution >= 4 is 11.6 Å². The first kappa shape index (κ1) is 18.5. The van der Waals surface area contributed by atoms with Gasteiger partial charge in [-0.15, -0.1) is 0 Å². The van der Waals surface area contributed by atoms with E-state index in [2.05, 4.69) is 9.84 Å². The first-order valence-corrected chi connectivity index (χ1v) is 5.26. The third kappa shape index (κ3) is 2.13. The molecule has 1 aliphatic rings. The van der Waals surface area contributed by atoms with E-state index in [0.717, 1.165) is 19.3 Å². The molecular weight excluding hydrogens is 339 g/mol. The maximum absolute atomic E-state index is 13.6. The normalized spacial score (nSPS) is 29.0. The molecule has 1 saturated heterocycles. The number of alkyl halides is 9. The van der Waals surface area contributed by atoms with Gasteiger partial charge >= 0.3 is 35.6 Å². The predicted octanol–water partition coefficient (Wildman–Crippen LogP) is 2.69. The maximum atomic E-state index is 13.6. The Morgan fingerprint density at radius 1 is 1.00 bits per heavy atom. The van der Waals surface area contributed by atoms with Crippen LogP contribution in [0.15, 0.2) is 5.10 Å². The van der Waals surface area contributed by atoms with E-state index in [1.54, 1.807) is 0 Å². The van der Waals surface area contributed by atoms with Crippen molar-refractivity contribution in [1.82, 2.24) is 5.43 Å². The highest BCUT2D eigenvalue weighted by atomic mass is 19.4. The van der Waals surface area contributed by atoms with Gasteiger partial charge in [-0.2, -0.15) is 44.6 Å². The summed E-state index contributed by atoms with van der Waals surface area (Å²) in [7, 11) is 0. The van der Waals surface area contributed by atoms with E-state index in [1.807, 2.05) is 0 Å². The van der Waals surface area contributed by atoms with Gasteiger partial charge in [0.1, 0.15) is 0 Å². The van der Waals surface area contributed by atoms with Crippen molar-refractivity contribution in [3.63, 3.8) is 0 Å². The van der Waals surface area contributed by atoms with Crippen LogP contribution in [0, 0.1) is 0 Å². The highest BCUT2D eigenvalue weighted by Crippen LogP contribution is 2.64. The number of nitrogens with one attached hydrogen (secondary N) is 1. The molecule has 0 aromatic rings. The Bertz CT molecular complexity index is 515. The number of hydrazone groups is 1. The summed E-state index contributed by atoms with van der Waals surface area (Å²) in [4.78, 5) is 11.0. The number of ether oxygens (including phenoxy) is 1. The molecule has 1 fully saturated rings. The summed E-state index contributed by atoms with van der Waals surface area (Å²) in [5.41, 5.74) is 0.754. The van der Waals surface area contributed by atoms with Crippen LogP contribution in [0.3, 0.4) is 0 Å². The van der Waals surface area contributed by atoms with Gasteiger partial charge in [0.05, 0.1) is 0 Å². The van der Waals surface area contributed by atoms with Crippen LogP contribution in [0.25, 0.3) is 0 Å². The number of hydrogen-bond acceptors (Lipinski definition) is 3. The fraction of sp³-hybridized carbons (Fsp3) is 0.778. The smallest absolute Gasteiger partial charge is 0.266 e. The highest BCUT2D eigenvalue weighted by molar-refractivity contribution is 5.87. The molecule has 128 valence electrons. The Hall–Kier alpha value is -1.53. The van der Waals surface area contributed by atoms with Gasteiger partial charge in [0.2, 0.25) is 0 Å².